The van der Waals surface area contributed by atoms with Crippen molar-refractivity contribution >= 4 is 32.9 Å². The molecule has 0 unspecified atom stereocenters. The van der Waals surface area contributed by atoms with Gasteiger partial charge >= 0.3 is 0 Å². The van der Waals surface area contributed by atoms with E-state index in [4.69, 9.17) is 10.2 Å². The average molecular weight is 621 g/mol. The molecule has 4 nitrogen and oxygen atoms in total. The van der Waals surface area contributed by atoms with Gasteiger partial charge in [0.25, 0.3) is 0 Å². The van der Waals surface area contributed by atoms with Crippen LogP contribution < -0.4 is 0 Å². The monoisotopic (exact) mass is 620 g/mol. The van der Waals surface area contributed by atoms with E-state index in [1.165, 1.54) is 21.5 Å². The summed E-state index contributed by atoms with van der Waals surface area (Å²) < 4.78 is 4.14. The Morgan fingerprint density at radius 2 is 0.787 bits per heavy atom. The van der Waals surface area contributed by atoms with Crippen LogP contribution in [-0.4, -0.2) is 19.6 Å². The number of fused-ring (bicyclic) bond motifs is 2. The molecular weight excluding hydrogens is 593 g/mol. The molecule has 5 heteroatoms. The molecule has 0 saturated heterocycles. The number of nitrogens with zero attached hydrogens (tertiary/aromatic N) is 4. The van der Waals surface area contributed by atoms with E-state index in [-0.39, 0.29) is 0 Å². The van der Waals surface area contributed by atoms with Crippen LogP contribution in [0, 0.1) is 0 Å². The van der Waals surface area contributed by atoms with Crippen molar-refractivity contribution in [2.45, 2.75) is 0 Å². The maximum atomic E-state index is 5.20. The summed E-state index contributed by atoms with van der Waals surface area (Å²) in [7, 11) is 0. The fraction of sp³-hybridized carbons (Fsp3) is 0. The molecule has 0 aliphatic heterocycles. The van der Waals surface area contributed by atoms with Gasteiger partial charge in [-0.1, -0.05) is 121 Å². The molecule has 0 N–H and O–H groups in total. The molecule has 0 fully saturated rings. The van der Waals surface area contributed by atoms with Gasteiger partial charge in [-0.3, -0.25) is 0 Å². The van der Waals surface area contributed by atoms with Crippen LogP contribution in [0.25, 0.3) is 76.6 Å². The first kappa shape index (κ1) is 27.3. The third kappa shape index (κ3) is 4.85. The highest BCUT2D eigenvalue weighted by atomic mass is 32.1. The zero-order valence-corrected chi connectivity index (χ0v) is 26.2. The number of para-hydroxylation sites is 2. The summed E-state index contributed by atoms with van der Waals surface area (Å²) >= 11 is 1.76. The van der Waals surface area contributed by atoms with E-state index < -0.39 is 0 Å². The first-order valence-corrected chi connectivity index (χ1v) is 16.5. The molecule has 0 aliphatic rings. The summed E-state index contributed by atoms with van der Waals surface area (Å²) in [5.41, 5.74) is 8.29. The van der Waals surface area contributed by atoms with Crippen LogP contribution in [0.1, 0.15) is 0 Å². The molecule has 9 rings (SSSR count). The second-order valence-electron chi connectivity index (χ2n) is 11.5. The van der Waals surface area contributed by atoms with Crippen molar-refractivity contribution in [3.63, 3.8) is 0 Å². The van der Waals surface area contributed by atoms with Gasteiger partial charge in [0.1, 0.15) is 0 Å². The molecule has 222 valence electrons. The predicted octanol–water partition coefficient (Wildman–Crippen LogP) is 11.1. The molecule has 6 aromatic carbocycles. The maximum Gasteiger partial charge on any atom is 0.0940 e. The van der Waals surface area contributed by atoms with Gasteiger partial charge in [-0.15, -0.1) is 11.3 Å². The van der Waals surface area contributed by atoms with Crippen LogP contribution in [0.3, 0.4) is 0 Å². The van der Waals surface area contributed by atoms with Gasteiger partial charge in [0.05, 0.1) is 43.9 Å². The number of aromatic nitrogens is 4. The van der Waals surface area contributed by atoms with Crippen LogP contribution in [-0.2, 0) is 0 Å². The zero-order valence-electron chi connectivity index (χ0n) is 25.4. The van der Waals surface area contributed by atoms with Crippen molar-refractivity contribution in [2.75, 3.05) is 0 Å². The smallest absolute Gasteiger partial charge is 0.0940 e. The van der Waals surface area contributed by atoms with Crippen LogP contribution in [0.4, 0.5) is 0 Å². The maximum absolute atomic E-state index is 5.20. The van der Waals surface area contributed by atoms with E-state index in [1.54, 1.807) is 11.3 Å². The minimum absolute atomic E-state index is 0.947. The fourth-order valence-corrected chi connectivity index (χ4v) is 7.43. The first-order chi connectivity index (χ1) is 23.3. The normalized spacial score (nSPS) is 11.4. The average Bonchev–Trinajstić information content (AvgIpc) is 3.91. The molecule has 3 heterocycles. The van der Waals surface area contributed by atoms with Gasteiger partial charge in [0.15, 0.2) is 0 Å². The summed E-state index contributed by atoms with van der Waals surface area (Å²) in [5, 5.41) is 15.2. The lowest BCUT2D eigenvalue weighted by Crippen LogP contribution is -1.98. The highest BCUT2D eigenvalue weighted by Crippen LogP contribution is 2.40. The summed E-state index contributed by atoms with van der Waals surface area (Å²) in [6, 6.07) is 59.5. The second-order valence-corrected chi connectivity index (χ2v) is 12.6. The number of hydrogen-bond acceptors (Lipinski definition) is 3. The van der Waals surface area contributed by atoms with Gasteiger partial charge < -0.3 is 0 Å². The summed E-state index contributed by atoms with van der Waals surface area (Å²) in [6.45, 7) is 0. The summed E-state index contributed by atoms with van der Waals surface area (Å²) in [4.78, 5) is 2.27. The number of thiophene rings is 1. The van der Waals surface area contributed by atoms with E-state index in [2.05, 4.69) is 167 Å². The molecule has 0 spiro atoms. The van der Waals surface area contributed by atoms with Gasteiger partial charge in [-0.25, -0.2) is 9.36 Å². The Balaban J connectivity index is 1.20. The van der Waals surface area contributed by atoms with Crippen molar-refractivity contribution < 1.29 is 0 Å². The minimum atomic E-state index is 0.947. The highest BCUT2D eigenvalue weighted by molar-refractivity contribution is 7.18. The second kappa shape index (κ2) is 11.4. The molecule has 0 radical (unpaired) electrons. The van der Waals surface area contributed by atoms with Crippen molar-refractivity contribution in [1.29, 1.82) is 0 Å². The van der Waals surface area contributed by atoms with Gasteiger partial charge in [0.2, 0.25) is 0 Å². The van der Waals surface area contributed by atoms with Crippen LogP contribution in [0.5, 0.6) is 0 Å². The van der Waals surface area contributed by atoms with Crippen molar-refractivity contribution in [3.8, 4) is 55.0 Å². The van der Waals surface area contributed by atoms with E-state index in [9.17, 15) is 0 Å². The molecule has 0 atom stereocenters. The zero-order chi connectivity index (χ0) is 31.2. The lowest BCUT2D eigenvalue weighted by atomic mass is 10.0. The van der Waals surface area contributed by atoms with Crippen molar-refractivity contribution in [3.05, 3.63) is 170 Å². The number of benzene rings is 6. The van der Waals surface area contributed by atoms with Crippen LogP contribution >= 0.6 is 11.3 Å². The Bertz CT molecular complexity index is 2340. The Morgan fingerprint density at radius 1 is 0.383 bits per heavy atom. The first-order valence-electron chi connectivity index (χ1n) is 15.7. The summed E-state index contributed by atoms with van der Waals surface area (Å²) in [6.07, 6.45) is 0. The number of hydrogen-bond donors (Lipinski definition) is 0. The van der Waals surface area contributed by atoms with Gasteiger partial charge in [-0.2, -0.15) is 10.2 Å². The standard InChI is InChI=1S/C42H28N4S/c1-3-17-31(18-4-1)45-39(27-37(43-45)35-23-11-15-29-13-7-9-21-33(29)35)41-25-26-42(47-41)40-28-38(44-46(40)32-19-5-2-6-20-32)36-24-12-16-30-14-8-10-22-34(30)36/h1-28H. The van der Waals surface area contributed by atoms with Crippen molar-refractivity contribution in [2.24, 2.45) is 0 Å². The quantitative estimate of drug-likeness (QED) is 0.185. The molecule has 3 aromatic heterocycles. The molecule has 0 saturated carbocycles. The van der Waals surface area contributed by atoms with Crippen LogP contribution in [0.2, 0.25) is 0 Å². The number of rotatable bonds is 6. The largest absolute Gasteiger partial charge is 0.232 e. The Hall–Kier alpha value is -6.04. The molecule has 9 aromatic rings. The minimum Gasteiger partial charge on any atom is -0.232 e. The molecule has 0 amide bonds. The lowest BCUT2D eigenvalue weighted by Gasteiger charge is -2.07. The SMILES string of the molecule is c1ccc(-n2nc(-c3cccc4ccccc34)cc2-c2ccc(-c3cc(-c4cccc5ccccc45)nn3-c3ccccc3)s2)cc1. The molecule has 0 bridgehead atoms. The van der Waals surface area contributed by atoms with E-state index in [0.717, 1.165) is 55.0 Å². The Kier molecular flexibility index (Phi) is 6.61. The predicted molar refractivity (Wildman–Crippen MR) is 195 cm³/mol. The van der Waals surface area contributed by atoms with E-state index in [0.29, 0.717) is 0 Å². The van der Waals surface area contributed by atoms with Crippen molar-refractivity contribution in [1.82, 2.24) is 19.6 Å². The Labute approximate surface area is 276 Å². The summed E-state index contributed by atoms with van der Waals surface area (Å²) in [5.74, 6) is 0. The Morgan fingerprint density at radius 3 is 1.26 bits per heavy atom. The van der Waals surface area contributed by atoms with Gasteiger partial charge in [-0.05, 0) is 70.1 Å². The van der Waals surface area contributed by atoms with Gasteiger partial charge in [0, 0.05) is 11.1 Å². The van der Waals surface area contributed by atoms with E-state index in [1.807, 2.05) is 12.1 Å². The molecule has 47 heavy (non-hydrogen) atoms. The fourth-order valence-electron chi connectivity index (χ4n) is 6.42. The third-order valence-electron chi connectivity index (χ3n) is 8.66. The topological polar surface area (TPSA) is 35.6 Å². The third-order valence-corrected chi connectivity index (χ3v) is 9.79. The lowest BCUT2D eigenvalue weighted by molar-refractivity contribution is 0.894. The molecular formula is C42H28N4S. The van der Waals surface area contributed by atoms with Crippen LogP contribution in [0.15, 0.2) is 170 Å². The highest BCUT2D eigenvalue weighted by Gasteiger charge is 2.20. The van der Waals surface area contributed by atoms with E-state index >= 15 is 0 Å². The molecule has 0 aliphatic carbocycles.